The van der Waals surface area contributed by atoms with E-state index in [-0.39, 0.29) is 18.6 Å². The smallest absolute Gasteiger partial charge is 0.228 e. The number of hydrogen-bond acceptors (Lipinski definition) is 3. The van der Waals surface area contributed by atoms with Gasteiger partial charge in [-0.25, -0.2) is 0 Å². The van der Waals surface area contributed by atoms with Crippen LogP contribution in [0.1, 0.15) is 32.3 Å². The predicted octanol–water partition coefficient (Wildman–Crippen LogP) is 1.86. The fourth-order valence-corrected chi connectivity index (χ4v) is 1.94. The van der Waals surface area contributed by atoms with Crippen LogP contribution in [-0.4, -0.2) is 23.7 Å². The number of aliphatic hydroxyl groups is 1. The molecule has 104 valence electrons. The van der Waals surface area contributed by atoms with E-state index in [0.717, 1.165) is 24.2 Å². The molecule has 1 aromatic carbocycles. The Kier molecular flexibility index (Phi) is 4.10. The summed E-state index contributed by atoms with van der Waals surface area (Å²) in [6, 6.07) is 7.69. The van der Waals surface area contributed by atoms with Gasteiger partial charge in [0.05, 0.1) is 18.1 Å². The Morgan fingerprint density at radius 3 is 2.47 bits per heavy atom. The van der Waals surface area contributed by atoms with Crippen LogP contribution in [0.5, 0.6) is 5.75 Å². The van der Waals surface area contributed by atoms with Crippen molar-refractivity contribution in [1.82, 2.24) is 5.32 Å². The molecular weight excluding hydrogens is 242 g/mol. The molecule has 1 amide bonds. The van der Waals surface area contributed by atoms with Crippen LogP contribution < -0.4 is 10.1 Å². The first-order chi connectivity index (χ1) is 9.05. The Morgan fingerprint density at radius 2 is 2.00 bits per heavy atom. The fraction of sp³-hybridized carbons (Fsp3) is 0.533. The van der Waals surface area contributed by atoms with Gasteiger partial charge in [-0.1, -0.05) is 12.1 Å². The Hall–Kier alpha value is -1.55. The van der Waals surface area contributed by atoms with Gasteiger partial charge in [0.2, 0.25) is 5.91 Å². The number of carbonyl (C=O) groups is 1. The molecule has 0 aliphatic heterocycles. The molecule has 0 atom stereocenters. The lowest BCUT2D eigenvalue weighted by Crippen LogP contribution is -2.33. The molecule has 19 heavy (non-hydrogen) atoms. The zero-order chi connectivity index (χ0) is 13.9. The molecule has 1 aliphatic rings. The van der Waals surface area contributed by atoms with Crippen LogP contribution in [0.3, 0.4) is 0 Å². The van der Waals surface area contributed by atoms with Gasteiger partial charge in [-0.05, 0) is 44.4 Å². The number of amides is 1. The summed E-state index contributed by atoms with van der Waals surface area (Å²) >= 11 is 0. The van der Waals surface area contributed by atoms with Crippen molar-refractivity contribution in [2.75, 3.05) is 6.61 Å². The zero-order valence-corrected chi connectivity index (χ0v) is 11.5. The summed E-state index contributed by atoms with van der Waals surface area (Å²) in [7, 11) is 0. The molecule has 4 nitrogen and oxygen atoms in total. The molecule has 4 heteroatoms. The van der Waals surface area contributed by atoms with E-state index in [9.17, 15) is 4.79 Å². The van der Waals surface area contributed by atoms with E-state index < -0.39 is 5.41 Å². The first kappa shape index (κ1) is 13.9. The Labute approximate surface area is 113 Å². The maximum Gasteiger partial charge on any atom is 0.228 e. The van der Waals surface area contributed by atoms with Crippen LogP contribution in [-0.2, 0) is 11.3 Å². The summed E-state index contributed by atoms with van der Waals surface area (Å²) in [5.74, 6) is 0.789. The average Bonchev–Trinajstić information content (AvgIpc) is 3.18. The van der Waals surface area contributed by atoms with Crippen LogP contribution in [0.15, 0.2) is 24.3 Å². The molecule has 1 aliphatic carbocycles. The molecule has 1 fully saturated rings. The van der Waals surface area contributed by atoms with Crippen molar-refractivity contribution in [3.05, 3.63) is 29.8 Å². The Morgan fingerprint density at radius 1 is 1.37 bits per heavy atom. The van der Waals surface area contributed by atoms with E-state index in [1.54, 1.807) is 0 Å². The highest BCUT2D eigenvalue weighted by Gasteiger charge is 2.49. The number of hydrogen-bond donors (Lipinski definition) is 2. The summed E-state index contributed by atoms with van der Waals surface area (Å²) in [5.41, 5.74) is 0.527. The van der Waals surface area contributed by atoms with Crippen molar-refractivity contribution >= 4 is 5.91 Å². The molecular formula is C15H21NO3. The molecule has 0 radical (unpaired) electrons. The topological polar surface area (TPSA) is 58.6 Å². The standard InChI is InChI=1S/C15H21NO3/c1-11(2)19-13-5-3-12(4-6-13)9-16-14(18)15(10-17)7-8-15/h3-6,11,17H,7-10H2,1-2H3,(H,16,18). The lowest BCUT2D eigenvalue weighted by molar-refractivity contribution is -0.127. The molecule has 2 rings (SSSR count). The highest BCUT2D eigenvalue weighted by molar-refractivity contribution is 5.85. The largest absolute Gasteiger partial charge is 0.491 e. The van der Waals surface area contributed by atoms with Crippen LogP contribution in [0.4, 0.5) is 0 Å². The molecule has 2 N–H and O–H groups in total. The first-order valence-corrected chi connectivity index (χ1v) is 6.70. The lowest BCUT2D eigenvalue weighted by atomic mass is 10.1. The van der Waals surface area contributed by atoms with Crippen molar-refractivity contribution in [3.8, 4) is 5.75 Å². The molecule has 0 aromatic heterocycles. The van der Waals surface area contributed by atoms with Crippen LogP contribution >= 0.6 is 0 Å². The normalized spacial score (nSPS) is 16.2. The highest BCUT2D eigenvalue weighted by Crippen LogP contribution is 2.45. The number of ether oxygens (including phenoxy) is 1. The van der Waals surface area contributed by atoms with Crippen LogP contribution in [0.25, 0.3) is 0 Å². The van der Waals surface area contributed by atoms with Crippen molar-refractivity contribution in [3.63, 3.8) is 0 Å². The molecule has 0 heterocycles. The minimum atomic E-state index is -0.499. The summed E-state index contributed by atoms with van der Waals surface area (Å²) in [5, 5.41) is 12.0. The number of rotatable bonds is 6. The van der Waals surface area contributed by atoms with Gasteiger partial charge in [0.1, 0.15) is 5.75 Å². The van der Waals surface area contributed by atoms with Crippen molar-refractivity contribution in [2.24, 2.45) is 5.41 Å². The predicted molar refractivity (Wildman–Crippen MR) is 72.8 cm³/mol. The summed E-state index contributed by atoms with van der Waals surface area (Å²) < 4.78 is 5.56. The van der Waals surface area contributed by atoms with E-state index >= 15 is 0 Å². The van der Waals surface area contributed by atoms with E-state index in [1.807, 2.05) is 38.1 Å². The Bertz CT molecular complexity index is 435. The zero-order valence-electron chi connectivity index (χ0n) is 11.5. The molecule has 0 spiro atoms. The van der Waals surface area contributed by atoms with Gasteiger partial charge >= 0.3 is 0 Å². The second-order valence-corrected chi connectivity index (χ2v) is 5.43. The molecule has 1 aromatic rings. The first-order valence-electron chi connectivity index (χ1n) is 6.70. The number of benzene rings is 1. The van der Waals surface area contributed by atoms with Gasteiger partial charge < -0.3 is 15.2 Å². The van der Waals surface area contributed by atoms with Crippen molar-refractivity contribution < 1.29 is 14.6 Å². The minimum Gasteiger partial charge on any atom is -0.491 e. The number of carbonyl (C=O) groups excluding carboxylic acids is 1. The molecule has 1 saturated carbocycles. The molecule has 0 saturated heterocycles. The Balaban J connectivity index is 1.85. The third-order valence-electron chi connectivity index (χ3n) is 3.39. The fourth-order valence-electron chi connectivity index (χ4n) is 1.94. The third-order valence-corrected chi connectivity index (χ3v) is 3.39. The van der Waals surface area contributed by atoms with E-state index in [4.69, 9.17) is 9.84 Å². The van der Waals surface area contributed by atoms with Gasteiger partial charge in [0, 0.05) is 6.54 Å². The van der Waals surface area contributed by atoms with E-state index in [2.05, 4.69) is 5.32 Å². The lowest BCUT2D eigenvalue weighted by Gasteiger charge is -2.13. The summed E-state index contributed by atoms with van der Waals surface area (Å²) in [4.78, 5) is 11.8. The van der Waals surface area contributed by atoms with E-state index in [1.165, 1.54) is 0 Å². The highest BCUT2D eigenvalue weighted by atomic mass is 16.5. The van der Waals surface area contributed by atoms with Crippen molar-refractivity contribution in [2.45, 2.75) is 39.3 Å². The third kappa shape index (κ3) is 3.47. The second kappa shape index (κ2) is 5.61. The maximum atomic E-state index is 11.8. The van der Waals surface area contributed by atoms with E-state index in [0.29, 0.717) is 6.54 Å². The summed E-state index contributed by atoms with van der Waals surface area (Å²) in [6.07, 6.45) is 1.73. The quantitative estimate of drug-likeness (QED) is 0.823. The van der Waals surface area contributed by atoms with Gasteiger partial charge in [0.15, 0.2) is 0 Å². The second-order valence-electron chi connectivity index (χ2n) is 5.43. The van der Waals surface area contributed by atoms with Crippen LogP contribution in [0.2, 0.25) is 0 Å². The van der Waals surface area contributed by atoms with Crippen LogP contribution in [0, 0.1) is 5.41 Å². The molecule has 0 bridgehead atoms. The monoisotopic (exact) mass is 263 g/mol. The maximum absolute atomic E-state index is 11.8. The van der Waals surface area contributed by atoms with Gasteiger partial charge in [-0.3, -0.25) is 4.79 Å². The van der Waals surface area contributed by atoms with Gasteiger partial charge in [-0.15, -0.1) is 0 Å². The van der Waals surface area contributed by atoms with Crippen molar-refractivity contribution in [1.29, 1.82) is 0 Å². The minimum absolute atomic E-state index is 0.0440. The number of aliphatic hydroxyl groups excluding tert-OH is 1. The SMILES string of the molecule is CC(C)Oc1ccc(CNC(=O)C2(CO)CC2)cc1. The average molecular weight is 263 g/mol. The van der Waals surface area contributed by atoms with Gasteiger partial charge in [0.25, 0.3) is 0 Å². The van der Waals surface area contributed by atoms with Gasteiger partial charge in [-0.2, -0.15) is 0 Å². The number of nitrogens with one attached hydrogen (secondary N) is 1. The summed E-state index contributed by atoms with van der Waals surface area (Å²) in [6.45, 7) is 4.40. The molecule has 0 unspecified atom stereocenters.